The summed E-state index contributed by atoms with van der Waals surface area (Å²) in [6.45, 7) is 0. The normalized spacial score (nSPS) is 10.1. The quantitative estimate of drug-likeness (QED) is 0.609. The van der Waals surface area contributed by atoms with Crippen molar-refractivity contribution in [1.29, 1.82) is 0 Å². The van der Waals surface area contributed by atoms with E-state index in [1.807, 2.05) is 12.1 Å². The number of hydrogen-bond donors (Lipinski definition) is 0. The summed E-state index contributed by atoms with van der Waals surface area (Å²) in [7, 11) is 0. The number of benzene rings is 1. The first-order chi connectivity index (χ1) is 8.25. The highest BCUT2D eigenvalue weighted by Crippen LogP contribution is 2.11. The number of hydrogen-bond acceptors (Lipinski definition) is 2. The van der Waals surface area contributed by atoms with Crippen molar-refractivity contribution in [2.45, 2.75) is 0 Å². The van der Waals surface area contributed by atoms with Crippen LogP contribution in [0.15, 0.2) is 54.9 Å². The van der Waals surface area contributed by atoms with Crippen LogP contribution in [0.25, 0.3) is 6.08 Å². The zero-order valence-corrected chi connectivity index (χ0v) is 10.9. The Balaban J connectivity index is 0.00000162. The minimum atomic E-state index is -0.0504. The highest BCUT2D eigenvalue weighted by atomic mass is 35.5. The van der Waals surface area contributed by atoms with E-state index in [0.29, 0.717) is 10.6 Å². The molecule has 2 nitrogen and oxygen atoms in total. The van der Waals surface area contributed by atoms with Crippen molar-refractivity contribution in [2.24, 2.45) is 0 Å². The van der Waals surface area contributed by atoms with Gasteiger partial charge < -0.3 is 12.4 Å². The van der Waals surface area contributed by atoms with E-state index >= 15 is 0 Å². The first-order valence-corrected chi connectivity index (χ1v) is 5.51. The predicted octanol–water partition coefficient (Wildman–Crippen LogP) is 0.635. The van der Waals surface area contributed by atoms with Gasteiger partial charge in [0, 0.05) is 23.0 Å². The standard InChI is InChI=1S/C14H10ClNO.ClH/c15-13-6-4-12(5-7-13)14(17)8-3-11-2-1-9-16-10-11;/h1-10H;1H/p-1/b8-3+;. The first kappa shape index (κ1) is 14.4. The second-order valence-corrected chi connectivity index (χ2v) is 3.93. The van der Waals surface area contributed by atoms with Gasteiger partial charge in [-0.15, -0.1) is 0 Å². The maximum atomic E-state index is 11.8. The van der Waals surface area contributed by atoms with Crippen LogP contribution in [-0.4, -0.2) is 10.8 Å². The molecule has 0 spiro atoms. The molecular formula is C14H10Cl2NO-. The Labute approximate surface area is 117 Å². The molecule has 92 valence electrons. The van der Waals surface area contributed by atoms with Gasteiger partial charge in [0.1, 0.15) is 0 Å². The van der Waals surface area contributed by atoms with Crippen molar-refractivity contribution in [1.82, 2.24) is 4.98 Å². The lowest BCUT2D eigenvalue weighted by molar-refractivity contribution is -0.0000107. The van der Waals surface area contributed by atoms with Crippen LogP contribution < -0.4 is 12.4 Å². The Kier molecular flexibility index (Phi) is 5.56. The van der Waals surface area contributed by atoms with Gasteiger partial charge in [-0.3, -0.25) is 9.78 Å². The first-order valence-electron chi connectivity index (χ1n) is 5.14. The van der Waals surface area contributed by atoms with Gasteiger partial charge in [0.15, 0.2) is 5.78 Å². The van der Waals surface area contributed by atoms with Crippen LogP contribution in [0.4, 0.5) is 0 Å². The molecule has 0 amide bonds. The average Bonchev–Trinajstić information content (AvgIpc) is 2.38. The van der Waals surface area contributed by atoms with Gasteiger partial charge in [-0.05, 0) is 48.0 Å². The monoisotopic (exact) mass is 278 g/mol. The van der Waals surface area contributed by atoms with Crippen LogP contribution in [0.1, 0.15) is 15.9 Å². The minimum Gasteiger partial charge on any atom is -1.00 e. The molecule has 18 heavy (non-hydrogen) atoms. The van der Waals surface area contributed by atoms with Crippen LogP contribution in [0, 0.1) is 0 Å². The van der Waals surface area contributed by atoms with E-state index in [9.17, 15) is 4.79 Å². The molecule has 0 radical (unpaired) electrons. The average molecular weight is 279 g/mol. The van der Waals surface area contributed by atoms with Crippen molar-refractivity contribution in [3.05, 3.63) is 71.0 Å². The molecule has 1 aromatic carbocycles. The molecule has 0 atom stereocenters. The van der Waals surface area contributed by atoms with Crippen molar-refractivity contribution in [3.63, 3.8) is 0 Å². The van der Waals surface area contributed by atoms with Gasteiger partial charge in [0.05, 0.1) is 0 Å². The van der Waals surface area contributed by atoms with Crippen molar-refractivity contribution < 1.29 is 17.2 Å². The molecule has 0 aliphatic carbocycles. The molecule has 1 heterocycles. The molecule has 0 N–H and O–H groups in total. The molecular weight excluding hydrogens is 269 g/mol. The summed E-state index contributed by atoms with van der Waals surface area (Å²) in [6, 6.07) is 10.5. The molecule has 1 aromatic heterocycles. The second-order valence-electron chi connectivity index (χ2n) is 3.49. The maximum Gasteiger partial charge on any atom is 0.185 e. The molecule has 0 fully saturated rings. The number of aromatic nitrogens is 1. The van der Waals surface area contributed by atoms with Crippen LogP contribution in [0.5, 0.6) is 0 Å². The minimum absolute atomic E-state index is 0. The largest absolute Gasteiger partial charge is 1.00 e. The van der Waals surface area contributed by atoms with Gasteiger partial charge in [-0.2, -0.15) is 0 Å². The number of carbonyl (C=O) groups is 1. The van der Waals surface area contributed by atoms with Crippen LogP contribution >= 0.6 is 11.6 Å². The molecule has 4 heteroatoms. The molecule has 2 rings (SSSR count). The SMILES string of the molecule is O=C(/C=C/c1cccnc1)c1ccc(Cl)cc1.[Cl-]. The Bertz CT molecular complexity index is 535. The van der Waals surface area contributed by atoms with E-state index in [0.717, 1.165) is 5.56 Å². The molecule has 0 saturated carbocycles. The van der Waals surface area contributed by atoms with Gasteiger partial charge in [0.25, 0.3) is 0 Å². The third-order valence-corrected chi connectivity index (χ3v) is 2.49. The summed E-state index contributed by atoms with van der Waals surface area (Å²) in [5, 5.41) is 0.623. The second kappa shape index (κ2) is 6.94. The van der Waals surface area contributed by atoms with Crippen LogP contribution in [-0.2, 0) is 0 Å². The van der Waals surface area contributed by atoms with Gasteiger partial charge in [0.2, 0.25) is 0 Å². The predicted molar refractivity (Wildman–Crippen MR) is 69.1 cm³/mol. The zero-order chi connectivity index (χ0) is 12.1. The van der Waals surface area contributed by atoms with E-state index in [2.05, 4.69) is 4.98 Å². The number of ketones is 1. The Morgan fingerprint density at radius 2 is 1.89 bits per heavy atom. The summed E-state index contributed by atoms with van der Waals surface area (Å²) >= 11 is 5.75. The third-order valence-electron chi connectivity index (χ3n) is 2.24. The summed E-state index contributed by atoms with van der Waals surface area (Å²) in [4.78, 5) is 15.7. The number of allylic oxidation sites excluding steroid dienone is 1. The lowest BCUT2D eigenvalue weighted by atomic mass is 10.1. The van der Waals surface area contributed by atoms with Gasteiger partial charge >= 0.3 is 0 Å². The number of halogens is 2. The topological polar surface area (TPSA) is 30.0 Å². The Morgan fingerprint density at radius 1 is 1.17 bits per heavy atom. The smallest absolute Gasteiger partial charge is 0.185 e. The van der Waals surface area contributed by atoms with Crippen molar-refractivity contribution >= 4 is 23.5 Å². The fourth-order valence-corrected chi connectivity index (χ4v) is 1.48. The summed E-state index contributed by atoms with van der Waals surface area (Å²) < 4.78 is 0. The van der Waals surface area contributed by atoms with E-state index < -0.39 is 0 Å². The van der Waals surface area contributed by atoms with E-state index in [1.54, 1.807) is 42.7 Å². The number of nitrogens with zero attached hydrogens (tertiary/aromatic N) is 1. The molecule has 0 unspecified atom stereocenters. The number of rotatable bonds is 3. The Hall–Kier alpha value is -1.64. The third kappa shape index (κ3) is 3.99. The highest BCUT2D eigenvalue weighted by molar-refractivity contribution is 6.30. The fourth-order valence-electron chi connectivity index (χ4n) is 1.36. The summed E-state index contributed by atoms with van der Waals surface area (Å²) in [6.07, 6.45) is 6.66. The Morgan fingerprint density at radius 3 is 2.50 bits per heavy atom. The van der Waals surface area contributed by atoms with Crippen LogP contribution in [0.2, 0.25) is 5.02 Å². The zero-order valence-electron chi connectivity index (χ0n) is 9.38. The van der Waals surface area contributed by atoms with E-state index in [1.165, 1.54) is 6.08 Å². The van der Waals surface area contributed by atoms with Crippen molar-refractivity contribution in [2.75, 3.05) is 0 Å². The summed E-state index contributed by atoms with van der Waals surface area (Å²) in [5.41, 5.74) is 1.52. The van der Waals surface area contributed by atoms with Crippen LogP contribution in [0.3, 0.4) is 0 Å². The van der Waals surface area contributed by atoms with Gasteiger partial charge in [-0.25, -0.2) is 0 Å². The lowest BCUT2D eigenvalue weighted by Crippen LogP contribution is -3.00. The molecule has 0 aliphatic heterocycles. The highest BCUT2D eigenvalue weighted by Gasteiger charge is 2.00. The van der Waals surface area contributed by atoms with E-state index in [-0.39, 0.29) is 18.2 Å². The number of pyridine rings is 1. The molecule has 0 bridgehead atoms. The molecule has 2 aromatic rings. The lowest BCUT2D eigenvalue weighted by Gasteiger charge is -1.95. The van der Waals surface area contributed by atoms with E-state index in [4.69, 9.17) is 11.6 Å². The van der Waals surface area contributed by atoms with Crippen molar-refractivity contribution in [3.8, 4) is 0 Å². The molecule has 0 aliphatic rings. The maximum absolute atomic E-state index is 11.8. The van der Waals surface area contributed by atoms with Gasteiger partial charge in [-0.1, -0.05) is 17.7 Å². The summed E-state index contributed by atoms with van der Waals surface area (Å²) in [5.74, 6) is -0.0504. The number of carbonyl (C=O) groups excluding carboxylic acids is 1. The fraction of sp³-hybridized carbons (Fsp3) is 0. The molecule has 0 saturated heterocycles.